The molecule has 1 aromatic heterocycles. The smallest absolute Gasteiger partial charge is 0.323 e. The van der Waals surface area contributed by atoms with Crippen molar-refractivity contribution in [3.63, 3.8) is 0 Å². The van der Waals surface area contributed by atoms with Crippen molar-refractivity contribution in [2.24, 2.45) is 0 Å². The normalized spacial score (nSPS) is 16.2. The molecular weight excluding hydrogens is 348 g/mol. The number of aliphatic carboxylic acids is 1. The summed E-state index contributed by atoms with van der Waals surface area (Å²) < 4.78 is 2.08. The Balaban J connectivity index is 1.92. The molecule has 2 aromatic rings. The summed E-state index contributed by atoms with van der Waals surface area (Å²) in [5.41, 5.74) is 1.57. The molecule has 1 aromatic carbocycles. The van der Waals surface area contributed by atoms with E-state index in [9.17, 15) is 14.7 Å². The fourth-order valence-electron chi connectivity index (χ4n) is 2.27. The van der Waals surface area contributed by atoms with Gasteiger partial charge in [0.05, 0.1) is 4.91 Å². The summed E-state index contributed by atoms with van der Waals surface area (Å²) in [7, 11) is 0. The lowest BCUT2D eigenvalue weighted by atomic mass is 10.3. The first-order chi connectivity index (χ1) is 11.5. The molecule has 0 unspecified atom stereocenters. The highest BCUT2D eigenvalue weighted by molar-refractivity contribution is 8.26. The van der Waals surface area contributed by atoms with Crippen molar-refractivity contribution in [3.8, 4) is 11.4 Å². The fraction of sp³-hybridized carbons (Fsp3) is 0.0625. The molecule has 1 amide bonds. The van der Waals surface area contributed by atoms with Crippen LogP contribution in [0.15, 0.2) is 47.5 Å². The minimum absolute atomic E-state index is 0.169. The van der Waals surface area contributed by atoms with Crippen LogP contribution in [0.2, 0.25) is 0 Å². The Morgan fingerprint density at radius 3 is 2.62 bits per heavy atom. The number of carbonyl (C=O) groups is 2. The summed E-state index contributed by atoms with van der Waals surface area (Å²) in [6.07, 6.45) is 3.50. The van der Waals surface area contributed by atoms with Gasteiger partial charge in [-0.05, 0) is 42.5 Å². The average molecular weight is 360 g/mol. The minimum atomic E-state index is -1.11. The molecule has 1 saturated heterocycles. The van der Waals surface area contributed by atoms with Crippen molar-refractivity contribution in [2.45, 2.75) is 0 Å². The van der Waals surface area contributed by atoms with E-state index in [0.29, 0.717) is 4.91 Å². The van der Waals surface area contributed by atoms with Gasteiger partial charge in [-0.1, -0.05) is 24.0 Å². The van der Waals surface area contributed by atoms with Gasteiger partial charge in [0.2, 0.25) is 0 Å². The number of thioether (sulfide) groups is 1. The summed E-state index contributed by atoms with van der Waals surface area (Å²) in [6.45, 7) is -0.443. The molecule has 0 radical (unpaired) electrons. The number of phenols is 1. The Morgan fingerprint density at radius 1 is 1.25 bits per heavy atom. The number of carboxylic acids is 1. The molecule has 1 aliphatic heterocycles. The summed E-state index contributed by atoms with van der Waals surface area (Å²) in [5.74, 6) is -1.35. The van der Waals surface area contributed by atoms with Crippen LogP contribution < -0.4 is 0 Å². The maximum absolute atomic E-state index is 12.3. The molecule has 0 atom stereocenters. The number of nitrogens with zero attached hydrogens (tertiary/aromatic N) is 2. The lowest BCUT2D eigenvalue weighted by Crippen LogP contribution is -2.33. The van der Waals surface area contributed by atoms with Gasteiger partial charge in [-0.2, -0.15) is 0 Å². The SMILES string of the molecule is O=C(O)CN1C(=O)/C(=C\c2cccn2-c2ccc(O)cc2)SC1=S. The number of hydrogen-bond donors (Lipinski definition) is 2. The zero-order valence-electron chi connectivity index (χ0n) is 12.2. The summed E-state index contributed by atoms with van der Waals surface area (Å²) in [6, 6.07) is 10.3. The maximum atomic E-state index is 12.3. The van der Waals surface area contributed by atoms with Crippen molar-refractivity contribution in [1.29, 1.82) is 0 Å². The number of phenolic OH excluding ortho intramolecular Hbond substituents is 1. The molecule has 2 heterocycles. The first kappa shape index (κ1) is 16.3. The molecule has 6 nitrogen and oxygen atoms in total. The number of carboxylic acid groups (broad SMARTS) is 1. The van der Waals surface area contributed by atoms with Crippen LogP contribution in [0.25, 0.3) is 11.8 Å². The largest absolute Gasteiger partial charge is 0.508 e. The highest BCUT2D eigenvalue weighted by atomic mass is 32.2. The van der Waals surface area contributed by atoms with Gasteiger partial charge < -0.3 is 14.8 Å². The first-order valence-electron chi connectivity index (χ1n) is 6.89. The van der Waals surface area contributed by atoms with Crippen molar-refractivity contribution >= 4 is 46.3 Å². The Kier molecular flexibility index (Phi) is 4.41. The second-order valence-electron chi connectivity index (χ2n) is 4.98. The third-order valence-corrected chi connectivity index (χ3v) is 4.73. The molecule has 0 spiro atoms. The Labute approximate surface area is 147 Å². The standard InChI is InChI=1S/C16H12N2O4S2/c19-12-5-3-10(4-6-12)17-7-1-2-11(17)8-13-15(22)18(9-14(20)21)16(23)24-13/h1-8,19H,9H2,(H,20,21)/b13-8+. The highest BCUT2D eigenvalue weighted by Crippen LogP contribution is 2.32. The molecule has 0 aliphatic carbocycles. The van der Waals surface area contributed by atoms with E-state index in [1.807, 2.05) is 22.9 Å². The van der Waals surface area contributed by atoms with Crippen LogP contribution in [-0.2, 0) is 9.59 Å². The van der Waals surface area contributed by atoms with Gasteiger partial charge in [0.15, 0.2) is 0 Å². The van der Waals surface area contributed by atoms with Gasteiger partial charge in [-0.25, -0.2) is 0 Å². The third kappa shape index (κ3) is 3.19. The van der Waals surface area contributed by atoms with E-state index in [0.717, 1.165) is 28.0 Å². The van der Waals surface area contributed by atoms with Gasteiger partial charge >= 0.3 is 5.97 Å². The molecule has 1 fully saturated rings. The molecule has 122 valence electrons. The van der Waals surface area contributed by atoms with Crippen LogP contribution in [0.3, 0.4) is 0 Å². The fourth-order valence-corrected chi connectivity index (χ4v) is 3.51. The first-order valence-corrected chi connectivity index (χ1v) is 8.12. The average Bonchev–Trinajstić information content (AvgIpc) is 3.09. The number of amides is 1. The van der Waals surface area contributed by atoms with Crippen LogP contribution in [0.4, 0.5) is 0 Å². The number of thiocarbonyl (C=S) groups is 1. The topological polar surface area (TPSA) is 82.8 Å². The molecule has 24 heavy (non-hydrogen) atoms. The summed E-state index contributed by atoms with van der Waals surface area (Å²) in [5, 5.41) is 18.2. The highest BCUT2D eigenvalue weighted by Gasteiger charge is 2.33. The minimum Gasteiger partial charge on any atom is -0.508 e. The molecule has 0 bridgehead atoms. The predicted octanol–water partition coefficient (Wildman–Crippen LogP) is 2.47. The summed E-state index contributed by atoms with van der Waals surface area (Å²) >= 11 is 6.16. The third-order valence-electron chi connectivity index (χ3n) is 3.35. The Morgan fingerprint density at radius 2 is 1.96 bits per heavy atom. The van der Waals surface area contributed by atoms with Crippen molar-refractivity contribution < 1.29 is 19.8 Å². The Hall–Kier alpha value is -2.58. The van der Waals surface area contributed by atoms with Crippen LogP contribution in [0.1, 0.15) is 5.69 Å². The van der Waals surface area contributed by atoms with E-state index in [1.165, 1.54) is 0 Å². The molecule has 1 aliphatic rings. The number of benzene rings is 1. The number of aromatic nitrogens is 1. The van der Waals surface area contributed by atoms with E-state index in [4.69, 9.17) is 17.3 Å². The Bertz CT molecular complexity index is 855. The van der Waals surface area contributed by atoms with Crippen LogP contribution in [0.5, 0.6) is 5.75 Å². The molecule has 8 heteroatoms. The van der Waals surface area contributed by atoms with Gasteiger partial charge in [0.25, 0.3) is 5.91 Å². The molecule has 2 N–H and O–H groups in total. The zero-order chi connectivity index (χ0) is 17.3. The van der Waals surface area contributed by atoms with Crippen LogP contribution in [0, 0.1) is 0 Å². The van der Waals surface area contributed by atoms with Gasteiger partial charge in [-0.15, -0.1) is 0 Å². The quantitative estimate of drug-likeness (QED) is 0.644. The van der Waals surface area contributed by atoms with Crippen molar-refractivity contribution in [1.82, 2.24) is 9.47 Å². The predicted molar refractivity (Wildman–Crippen MR) is 94.9 cm³/mol. The molecule has 0 saturated carbocycles. The van der Waals surface area contributed by atoms with Crippen LogP contribution in [-0.4, -0.2) is 42.4 Å². The van der Waals surface area contributed by atoms with E-state index in [1.54, 1.807) is 30.3 Å². The van der Waals surface area contributed by atoms with Crippen molar-refractivity contribution in [3.05, 3.63) is 53.2 Å². The summed E-state index contributed by atoms with van der Waals surface area (Å²) in [4.78, 5) is 24.6. The number of carbonyl (C=O) groups excluding carboxylic acids is 1. The zero-order valence-corrected chi connectivity index (χ0v) is 13.9. The van der Waals surface area contributed by atoms with Gasteiger partial charge in [0, 0.05) is 17.6 Å². The van der Waals surface area contributed by atoms with Gasteiger partial charge in [0.1, 0.15) is 16.6 Å². The molecule has 3 rings (SSSR count). The second-order valence-corrected chi connectivity index (χ2v) is 6.66. The number of hydrogen-bond acceptors (Lipinski definition) is 5. The monoisotopic (exact) mass is 360 g/mol. The maximum Gasteiger partial charge on any atom is 0.323 e. The number of rotatable bonds is 4. The number of aromatic hydroxyl groups is 1. The van der Waals surface area contributed by atoms with Gasteiger partial charge in [-0.3, -0.25) is 14.5 Å². The molecular formula is C16H12N2O4S2. The lowest BCUT2D eigenvalue weighted by Gasteiger charge is -2.10. The lowest BCUT2D eigenvalue weighted by molar-refractivity contribution is -0.140. The van der Waals surface area contributed by atoms with E-state index in [2.05, 4.69) is 0 Å². The van der Waals surface area contributed by atoms with Crippen LogP contribution >= 0.6 is 24.0 Å². The van der Waals surface area contributed by atoms with E-state index < -0.39 is 18.4 Å². The van der Waals surface area contributed by atoms with E-state index in [-0.39, 0.29) is 10.1 Å². The van der Waals surface area contributed by atoms with Crippen molar-refractivity contribution in [2.75, 3.05) is 6.54 Å². The second kappa shape index (κ2) is 6.50. The van der Waals surface area contributed by atoms with E-state index >= 15 is 0 Å².